The van der Waals surface area contributed by atoms with Crippen molar-refractivity contribution in [3.05, 3.63) is 103 Å². The number of benzene rings is 2. The average Bonchev–Trinajstić information content (AvgIpc) is 3.31. The predicted octanol–water partition coefficient (Wildman–Crippen LogP) is 3.98. The number of likely N-dealkylation sites (tertiary alicyclic amines) is 1. The normalized spacial score (nSPS) is 14.4. The number of imidazole rings is 1. The maximum Gasteiger partial charge on any atom is 0.233 e. The summed E-state index contributed by atoms with van der Waals surface area (Å²) in [6.07, 6.45) is 1.66. The zero-order valence-electron chi connectivity index (χ0n) is 21.1. The molecule has 1 saturated heterocycles. The molecule has 5 aromatic rings. The minimum absolute atomic E-state index is 0.0954. The van der Waals surface area contributed by atoms with Crippen molar-refractivity contribution < 1.29 is 8.42 Å². The van der Waals surface area contributed by atoms with Crippen molar-refractivity contribution in [3.63, 3.8) is 0 Å². The van der Waals surface area contributed by atoms with E-state index in [1.807, 2.05) is 71.3 Å². The van der Waals surface area contributed by atoms with Crippen LogP contribution in [0, 0.1) is 0 Å². The highest BCUT2D eigenvalue weighted by Crippen LogP contribution is 2.32. The van der Waals surface area contributed by atoms with Crippen molar-refractivity contribution in [2.24, 2.45) is 0 Å². The van der Waals surface area contributed by atoms with Crippen LogP contribution in [-0.2, 0) is 16.6 Å². The molecule has 1 aliphatic rings. The van der Waals surface area contributed by atoms with Crippen LogP contribution < -0.4 is 10.5 Å². The van der Waals surface area contributed by atoms with Gasteiger partial charge in [-0.3, -0.25) is 9.47 Å². The molecule has 196 valence electrons. The fourth-order valence-electron chi connectivity index (χ4n) is 4.82. The second kappa shape index (κ2) is 10.1. The summed E-state index contributed by atoms with van der Waals surface area (Å²) < 4.78 is 28.0. The number of aromatic nitrogens is 4. The number of pyridine rings is 2. The molecule has 0 atom stereocenters. The van der Waals surface area contributed by atoms with Crippen LogP contribution in [-0.4, -0.2) is 52.0 Å². The third-order valence-electron chi connectivity index (χ3n) is 6.76. The highest BCUT2D eigenvalue weighted by Gasteiger charge is 2.29. The molecular formula is C29H27N7O2S. The van der Waals surface area contributed by atoms with E-state index >= 15 is 0 Å². The lowest BCUT2D eigenvalue weighted by Gasteiger charge is -2.39. The van der Waals surface area contributed by atoms with Gasteiger partial charge in [-0.25, -0.2) is 28.1 Å². The molecule has 1 aliphatic heterocycles. The third-order valence-corrected chi connectivity index (χ3v) is 7.86. The van der Waals surface area contributed by atoms with Crippen molar-refractivity contribution in [2.45, 2.75) is 12.6 Å². The molecule has 1 fully saturated rings. The van der Waals surface area contributed by atoms with Crippen molar-refractivity contribution >= 4 is 27.0 Å². The Morgan fingerprint density at radius 2 is 1.74 bits per heavy atom. The maximum atomic E-state index is 11.7. The molecule has 3 N–H and O–H groups in total. The molecule has 6 rings (SSSR count). The Hall–Kier alpha value is -4.38. The van der Waals surface area contributed by atoms with E-state index in [4.69, 9.17) is 15.7 Å². The molecule has 0 spiro atoms. The largest absolute Gasteiger partial charge is 0.383 e. The highest BCUT2D eigenvalue weighted by atomic mass is 32.2. The van der Waals surface area contributed by atoms with Gasteiger partial charge in [0.2, 0.25) is 10.0 Å². The number of anilines is 1. The minimum atomic E-state index is -3.42. The fourth-order valence-corrected chi connectivity index (χ4v) is 5.53. The first-order chi connectivity index (χ1) is 18.9. The van der Waals surface area contributed by atoms with Gasteiger partial charge in [-0.1, -0.05) is 49.0 Å². The molecule has 2 aromatic carbocycles. The molecule has 0 radical (unpaired) electrons. The van der Waals surface area contributed by atoms with E-state index in [-0.39, 0.29) is 6.04 Å². The lowest BCUT2D eigenvalue weighted by atomic mass is 10.1. The van der Waals surface area contributed by atoms with Crippen LogP contribution >= 0.6 is 0 Å². The van der Waals surface area contributed by atoms with Crippen LogP contribution in [0.4, 0.5) is 5.82 Å². The Morgan fingerprint density at radius 1 is 0.974 bits per heavy atom. The number of nitrogen functional groups attached to an aromatic ring is 1. The zero-order valence-corrected chi connectivity index (χ0v) is 21.9. The Balaban J connectivity index is 1.33. The Labute approximate surface area is 226 Å². The van der Waals surface area contributed by atoms with Gasteiger partial charge in [0, 0.05) is 48.5 Å². The van der Waals surface area contributed by atoms with Crippen molar-refractivity contribution in [3.8, 4) is 28.3 Å². The molecule has 0 saturated carbocycles. The van der Waals surface area contributed by atoms with E-state index in [0.29, 0.717) is 24.7 Å². The van der Waals surface area contributed by atoms with Gasteiger partial charge >= 0.3 is 0 Å². The number of nitrogens with zero attached hydrogens (tertiary/aromatic N) is 5. The van der Waals surface area contributed by atoms with Gasteiger partial charge in [-0.2, -0.15) is 0 Å². The molecule has 0 bridgehead atoms. The maximum absolute atomic E-state index is 11.7. The molecule has 39 heavy (non-hydrogen) atoms. The van der Waals surface area contributed by atoms with E-state index in [1.54, 1.807) is 6.20 Å². The van der Waals surface area contributed by atoms with Crippen molar-refractivity contribution in [1.29, 1.82) is 0 Å². The number of sulfonamides is 1. The molecule has 0 unspecified atom stereocenters. The van der Waals surface area contributed by atoms with E-state index in [9.17, 15) is 8.42 Å². The lowest BCUT2D eigenvalue weighted by Crippen LogP contribution is -2.58. The summed E-state index contributed by atoms with van der Waals surface area (Å²) >= 11 is 0. The summed E-state index contributed by atoms with van der Waals surface area (Å²) in [5.41, 5.74) is 12.4. The van der Waals surface area contributed by atoms with E-state index < -0.39 is 10.0 Å². The summed E-state index contributed by atoms with van der Waals surface area (Å²) in [6, 6.07) is 25.9. The van der Waals surface area contributed by atoms with Gasteiger partial charge in [-0.05, 0) is 42.0 Å². The summed E-state index contributed by atoms with van der Waals surface area (Å²) in [7, 11) is -3.42. The number of rotatable bonds is 8. The number of nitrogens with two attached hydrogens (primary N) is 1. The summed E-state index contributed by atoms with van der Waals surface area (Å²) in [4.78, 5) is 16.4. The summed E-state index contributed by atoms with van der Waals surface area (Å²) in [5.74, 6) is 1.06. The average molecular weight is 538 g/mol. The number of hydrogen-bond acceptors (Lipinski definition) is 7. The van der Waals surface area contributed by atoms with Gasteiger partial charge in [0.1, 0.15) is 11.3 Å². The minimum Gasteiger partial charge on any atom is -0.383 e. The van der Waals surface area contributed by atoms with Crippen LogP contribution in [0.3, 0.4) is 0 Å². The predicted molar refractivity (Wildman–Crippen MR) is 153 cm³/mol. The van der Waals surface area contributed by atoms with Gasteiger partial charge in [0.25, 0.3) is 0 Å². The SMILES string of the molecule is C=CS(=O)(=O)NC1CN(Cc2ccc(-n3c(-c4cccnc4N)nc4ccc(-c5ccccc5)nc43)cc2)C1. The smallest absolute Gasteiger partial charge is 0.233 e. The second-order valence-electron chi connectivity index (χ2n) is 9.50. The van der Waals surface area contributed by atoms with Crippen LogP contribution in [0.2, 0.25) is 0 Å². The number of nitrogens with one attached hydrogen (secondary N) is 1. The molecule has 9 nitrogen and oxygen atoms in total. The standard InChI is InChI=1S/C29H27N7O2S/c1-2-39(37,38)34-22-18-35(19-22)17-20-10-12-23(13-11-20)36-28(24-9-6-16-31-27(24)30)33-26-15-14-25(32-29(26)36)21-7-4-3-5-8-21/h2-16,22,34H,1,17-19H2,(H2,30,31). The van der Waals surface area contributed by atoms with E-state index in [2.05, 4.69) is 33.3 Å². The molecule has 0 aliphatic carbocycles. The second-order valence-corrected chi connectivity index (χ2v) is 11.2. The zero-order chi connectivity index (χ0) is 27.0. The van der Waals surface area contributed by atoms with Crippen molar-refractivity contribution in [1.82, 2.24) is 29.1 Å². The first-order valence-corrected chi connectivity index (χ1v) is 14.1. The molecule has 3 aromatic heterocycles. The molecular weight excluding hydrogens is 510 g/mol. The Kier molecular flexibility index (Phi) is 6.43. The summed E-state index contributed by atoms with van der Waals surface area (Å²) in [5, 5.41) is 0.944. The topological polar surface area (TPSA) is 119 Å². The lowest BCUT2D eigenvalue weighted by molar-refractivity contribution is 0.133. The van der Waals surface area contributed by atoms with E-state index in [0.717, 1.165) is 51.2 Å². The van der Waals surface area contributed by atoms with Crippen LogP contribution in [0.25, 0.3) is 39.5 Å². The fraction of sp³-hybridized carbons (Fsp3) is 0.138. The Morgan fingerprint density at radius 3 is 2.46 bits per heavy atom. The van der Waals surface area contributed by atoms with Crippen molar-refractivity contribution in [2.75, 3.05) is 18.8 Å². The quantitative estimate of drug-likeness (QED) is 0.307. The van der Waals surface area contributed by atoms with Crippen LogP contribution in [0.5, 0.6) is 0 Å². The first kappa shape index (κ1) is 24.9. The molecule has 4 heterocycles. The van der Waals surface area contributed by atoms with Crippen LogP contribution in [0.1, 0.15) is 5.56 Å². The number of fused-ring (bicyclic) bond motifs is 1. The first-order valence-electron chi connectivity index (χ1n) is 12.5. The molecule has 10 heteroatoms. The van der Waals surface area contributed by atoms with E-state index in [1.165, 1.54) is 0 Å². The van der Waals surface area contributed by atoms with Crippen LogP contribution in [0.15, 0.2) is 97.0 Å². The van der Waals surface area contributed by atoms with Gasteiger partial charge in [0.15, 0.2) is 11.5 Å². The highest BCUT2D eigenvalue weighted by molar-refractivity contribution is 7.92. The van der Waals surface area contributed by atoms with Gasteiger partial charge in [-0.15, -0.1) is 0 Å². The van der Waals surface area contributed by atoms with Gasteiger partial charge < -0.3 is 5.73 Å². The third kappa shape index (κ3) is 5.05. The summed E-state index contributed by atoms with van der Waals surface area (Å²) in [6.45, 7) is 5.36. The van der Waals surface area contributed by atoms with Gasteiger partial charge in [0.05, 0.1) is 11.3 Å². The monoisotopic (exact) mass is 537 g/mol. The molecule has 0 amide bonds. The number of hydrogen-bond donors (Lipinski definition) is 2. The Bertz CT molecular complexity index is 1760.